The van der Waals surface area contributed by atoms with E-state index in [2.05, 4.69) is 0 Å². The average Bonchev–Trinajstić information content (AvgIpc) is 2.34. The van der Waals surface area contributed by atoms with Crippen molar-refractivity contribution in [3.8, 4) is 0 Å². The highest BCUT2D eigenvalue weighted by molar-refractivity contribution is 6.31. The number of hydrogen-bond acceptors (Lipinski definition) is 3. The number of likely N-dealkylation sites (N-methyl/N-ethyl adjacent to an activating group) is 2. The largest absolute Gasteiger partial charge is 0.395 e. The molecule has 0 aliphatic heterocycles. The maximum Gasteiger partial charge on any atom is 0.236 e. The molecule has 1 rings (SSSR count). The third kappa shape index (κ3) is 4.78. The first-order valence-corrected chi connectivity index (χ1v) is 6.29. The van der Waals surface area contributed by atoms with E-state index in [1.807, 2.05) is 0 Å². The fourth-order valence-corrected chi connectivity index (χ4v) is 1.83. The molecule has 0 bridgehead atoms. The molecule has 0 spiro atoms. The topological polar surface area (TPSA) is 43.8 Å². The third-order valence-electron chi connectivity index (χ3n) is 2.77. The Labute approximate surface area is 117 Å². The molecular weight excluding hydrogens is 271 g/mol. The van der Waals surface area contributed by atoms with E-state index >= 15 is 0 Å². The highest BCUT2D eigenvalue weighted by Gasteiger charge is 2.15. The van der Waals surface area contributed by atoms with E-state index < -0.39 is 5.82 Å². The second-order valence-corrected chi connectivity index (χ2v) is 4.82. The molecule has 0 atom stereocenters. The van der Waals surface area contributed by atoms with Crippen molar-refractivity contribution in [2.45, 2.75) is 6.54 Å². The van der Waals surface area contributed by atoms with Gasteiger partial charge in [-0.2, -0.15) is 0 Å². The number of carbonyl (C=O) groups excluding carboxylic acids is 1. The molecule has 4 nitrogen and oxygen atoms in total. The predicted molar refractivity (Wildman–Crippen MR) is 72.5 cm³/mol. The van der Waals surface area contributed by atoms with Crippen LogP contribution in [0.15, 0.2) is 18.2 Å². The molecule has 19 heavy (non-hydrogen) atoms. The van der Waals surface area contributed by atoms with E-state index in [4.69, 9.17) is 16.7 Å². The van der Waals surface area contributed by atoms with Crippen molar-refractivity contribution in [1.82, 2.24) is 9.80 Å². The van der Waals surface area contributed by atoms with Gasteiger partial charge in [-0.3, -0.25) is 9.69 Å². The fraction of sp³-hybridized carbons (Fsp3) is 0.462. The summed E-state index contributed by atoms with van der Waals surface area (Å²) in [5, 5.41) is 9.07. The van der Waals surface area contributed by atoms with Gasteiger partial charge in [0.15, 0.2) is 0 Å². The number of benzene rings is 1. The molecule has 0 heterocycles. The van der Waals surface area contributed by atoms with Gasteiger partial charge in [0.1, 0.15) is 5.82 Å². The van der Waals surface area contributed by atoms with Crippen molar-refractivity contribution in [3.63, 3.8) is 0 Å². The lowest BCUT2D eigenvalue weighted by Crippen LogP contribution is -2.37. The number of halogens is 2. The monoisotopic (exact) mass is 288 g/mol. The first-order valence-electron chi connectivity index (χ1n) is 5.92. The van der Waals surface area contributed by atoms with Gasteiger partial charge in [-0.25, -0.2) is 4.39 Å². The number of aliphatic hydroxyl groups excluding tert-OH is 1. The Balaban J connectivity index is 2.64. The zero-order chi connectivity index (χ0) is 14.4. The minimum absolute atomic E-state index is 0.00731. The van der Waals surface area contributed by atoms with Crippen molar-refractivity contribution < 1.29 is 14.3 Å². The van der Waals surface area contributed by atoms with Crippen LogP contribution in [-0.4, -0.2) is 54.6 Å². The van der Waals surface area contributed by atoms with Crippen molar-refractivity contribution in [3.05, 3.63) is 34.6 Å². The van der Waals surface area contributed by atoms with Crippen LogP contribution in [0, 0.1) is 5.82 Å². The fourth-order valence-electron chi connectivity index (χ4n) is 1.61. The van der Waals surface area contributed by atoms with Crippen molar-refractivity contribution in [2.24, 2.45) is 0 Å². The summed E-state index contributed by atoms with van der Waals surface area (Å²) in [6, 6.07) is 4.44. The minimum Gasteiger partial charge on any atom is -0.395 e. The molecule has 1 amide bonds. The molecule has 0 aliphatic rings. The second-order valence-electron chi connectivity index (χ2n) is 4.41. The van der Waals surface area contributed by atoms with Crippen molar-refractivity contribution >= 4 is 17.5 Å². The third-order valence-corrected chi connectivity index (χ3v) is 3.12. The predicted octanol–water partition coefficient (Wildman–Crippen LogP) is 1.36. The van der Waals surface area contributed by atoms with Gasteiger partial charge in [-0.15, -0.1) is 0 Å². The summed E-state index contributed by atoms with van der Waals surface area (Å²) in [6.07, 6.45) is 0. The smallest absolute Gasteiger partial charge is 0.236 e. The average molecular weight is 289 g/mol. The molecule has 1 N–H and O–H groups in total. The molecule has 0 aliphatic carbocycles. The number of aliphatic hydroxyl groups is 1. The van der Waals surface area contributed by atoms with Crippen molar-refractivity contribution in [2.75, 3.05) is 33.8 Å². The van der Waals surface area contributed by atoms with Gasteiger partial charge in [0.2, 0.25) is 5.91 Å². The van der Waals surface area contributed by atoms with Crippen LogP contribution in [-0.2, 0) is 11.3 Å². The lowest BCUT2D eigenvalue weighted by Gasteiger charge is -2.22. The molecule has 106 valence electrons. The number of hydrogen-bond donors (Lipinski definition) is 1. The normalized spacial score (nSPS) is 10.8. The summed E-state index contributed by atoms with van der Waals surface area (Å²) >= 11 is 5.91. The second kappa shape index (κ2) is 7.43. The van der Waals surface area contributed by atoms with Crippen LogP contribution in [0.1, 0.15) is 5.56 Å². The Morgan fingerprint density at radius 3 is 2.68 bits per heavy atom. The van der Waals surface area contributed by atoms with Crippen LogP contribution in [0.4, 0.5) is 4.39 Å². The molecule has 0 saturated carbocycles. The molecule has 0 aromatic heterocycles. The van der Waals surface area contributed by atoms with Crippen LogP contribution in [0.2, 0.25) is 5.02 Å². The van der Waals surface area contributed by atoms with E-state index in [0.29, 0.717) is 17.1 Å². The van der Waals surface area contributed by atoms with Gasteiger partial charge >= 0.3 is 0 Å². The number of rotatable bonds is 6. The Morgan fingerprint density at radius 1 is 1.42 bits per heavy atom. The SMILES string of the molecule is CN(CCO)CC(=O)N(C)Cc1c(F)cccc1Cl. The van der Waals surface area contributed by atoms with Gasteiger partial charge in [0, 0.05) is 30.7 Å². The van der Waals surface area contributed by atoms with Crippen LogP contribution >= 0.6 is 11.6 Å². The minimum atomic E-state index is -0.420. The molecule has 0 saturated heterocycles. The first kappa shape index (κ1) is 15.9. The van der Waals surface area contributed by atoms with Crippen LogP contribution in [0.5, 0.6) is 0 Å². The molecule has 0 unspecified atom stereocenters. The molecule has 0 radical (unpaired) electrons. The number of carbonyl (C=O) groups is 1. The van der Waals surface area contributed by atoms with Crippen LogP contribution < -0.4 is 0 Å². The summed E-state index contributed by atoms with van der Waals surface area (Å²) in [4.78, 5) is 15.0. The van der Waals surface area contributed by atoms with Crippen LogP contribution in [0.3, 0.4) is 0 Å². The summed E-state index contributed by atoms with van der Waals surface area (Å²) in [6.45, 7) is 0.701. The van der Waals surface area contributed by atoms with E-state index in [0.717, 1.165) is 0 Å². The zero-order valence-electron chi connectivity index (χ0n) is 11.1. The molecule has 1 aromatic carbocycles. The van der Waals surface area contributed by atoms with Gasteiger partial charge < -0.3 is 10.0 Å². The lowest BCUT2D eigenvalue weighted by atomic mass is 10.2. The number of nitrogens with zero attached hydrogens (tertiary/aromatic N) is 2. The molecule has 6 heteroatoms. The maximum absolute atomic E-state index is 13.6. The van der Waals surface area contributed by atoms with E-state index in [9.17, 15) is 9.18 Å². The summed E-state index contributed by atoms with van der Waals surface area (Å²) in [7, 11) is 3.33. The van der Waals surface area contributed by atoms with Gasteiger partial charge in [0.25, 0.3) is 0 Å². The highest BCUT2D eigenvalue weighted by atomic mass is 35.5. The van der Waals surface area contributed by atoms with Gasteiger partial charge in [0.05, 0.1) is 13.2 Å². The van der Waals surface area contributed by atoms with Gasteiger partial charge in [-0.05, 0) is 19.2 Å². The first-order chi connectivity index (χ1) is 8.95. The van der Waals surface area contributed by atoms with E-state index in [1.165, 1.54) is 17.0 Å². The zero-order valence-corrected chi connectivity index (χ0v) is 11.8. The van der Waals surface area contributed by atoms with E-state index in [-0.39, 0.29) is 25.6 Å². The Hall–Kier alpha value is -1.17. The maximum atomic E-state index is 13.6. The summed E-state index contributed by atoms with van der Waals surface area (Å²) < 4.78 is 13.6. The summed E-state index contributed by atoms with van der Waals surface area (Å²) in [5.41, 5.74) is 0.310. The lowest BCUT2D eigenvalue weighted by molar-refractivity contribution is -0.131. The van der Waals surface area contributed by atoms with Gasteiger partial charge in [-0.1, -0.05) is 17.7 Å². The quantitative estimate of drug-likeness (QED) is 0.860. The summed E-state index contributed by atoms with van der Waals surface area (Å²) in [5.74, 6) is -0.578. The Kier molecular flexibility index (Phi) is 6.21. The molecule has 1 aromatic rings. The molecular formula is C13H18ClFN2O2. The number of amides is 1. The van der Waals surface area contributed by atoms with Crippen molar-refractivity contribution in [1.29, 1.82) is 0 Å². The standard InChI is InChI=1S/C13H18ClFN2O2/c1-16(6-7-18)9-13(19)17(2)8-10-11(14)4-3-5-12(10)15/h3-5,18H,6-9H2,1-2H3. The van der Waals surface area contributed by atoms with E-state index in [1.54, 1.807) is 25.1 Å². The Morgan fingerprint density at radius 2 is 2.11 bits per heavy atom. The Bertz CT molecular complexity index is 422. The van der Waals surface area contributed by atoms with Crippen LogP contribution in [0.25, 0.3) is 0 Å². The molecule has 0 fully saturated rings. The highest BCUT2D eigenvalue weighted by Crippen LogP contribution is 2.20.